The van der Waals surface area contributed by atoms with Crippen molar-refractivity contribution in [3.05, 3.63) is 60.2 Å². The Morgan fingerprint density at radius 1 is 0.962 bits per heavy atom. The fourth-order valence-electron chi connectivity index (χ4n) is 2.62. The van der Waals surface area contributed by atoms with Crippen molar-refractivity contribution in [2.24, 2.45) is 0 Å². The summed E-state index contributed by atoms with van der Waals surface area (Å²) in [7, 11) is -3.54. The molecule has 0 saturated heterocycles. The van der Waals surface area contributed by atoms with E-state index in [0.717, 1.165) is 5.56 Å². The molecule has 2 aromatic rings. The smallest absolute Gasteiger partial charge is 0.240 e. The van der Waals surface area contributed by atoms with Gasteiger partial charge in [0.2, 0.25) is 15.9 Å². The molecule has 1 amide bonds. The summed E-state index contributed by atoms with van der Waals surface area (Å²) in [6.07, 6.45) is 1.40. The molecule has 0 aromatic heterocycles. The van der Waals surface area contributed by atoms with Crippen molar-refractivity contribution in [2.45, 2.75) is 50.5 Å². The van der Waals surface area contributed by atoms with Crippen LogP contribution in [-0.2, 0) is 14.8 Å². The molecule has 0 bridgehead atoms. The predicted molar refractivity (Wildman–Crippen MR) is 105 cm³/mol. The fraction of sp³-hybridized carbons (Fsp3) is 0.350. The lowest BCUT2D eigenvalue weighted by molar-refractivity contribution is -0.117. The highest BCUT2D eigenvalue weighted by molar-refractivity contribution is 7.89. The van der Waals surface area contributed by atoms with E-state index in [1.165, 1.54) is 12.1 Å². The van der Waals surface area contributed by atoms with Crippen molar-refractivity contribution in [3.8, 4) is 0 Å². The molecule has 0 heterocycles. The SMILES string of the molecule is CC[C@H](C)NS(=O)(=O)c1ccc(NC(=O)[C@H](CC)c2ccccc2)cc1. The van der Waals surface area contributed by atoms with Gasteiger partial charge in [-0.05, 0) is 49.6 Å². The van der Waals surface area contributed by atoms with Gasteiger partial charge in [0, 0.05) is 11.7 Å². The third kappa shape index (κ3) is 5.16. The highest BCUT2D eigenvalue weighted by Gasteiger charge is 2.19. The first-order valence-electron chi connectivity index (χ1n) is 8.85. The van der Waals surface area contributed by atoms with Gasteiger partial charge >= 0.3 is 0 Å². The fourth-order valence-corrected chi connectivity index (χ4v) is 3.95. The van der Waals surface area contributed by atoms with Gasteiger partial charge in [-0.1, -0.05) is 44.2 Å². The molecule has 0 radical (unpaired) electrons. The third-order valence-electron chi connectivity index (χ3n) is 4.33. The summed E-state index contributed by atoms with van der Waals surface area (Å²) in [5.74, 6) is -0.348. The zero-order chi connectivity index (χ0) is 19.2. The Morgan fingerprint density at radius 3 is 2.12 bits per heavy atom. The van der Waals surface area contributed by atoms with Gasteiger partial charge in [-0.2, -0.15) is 0 Å². The molecule has 2 rings (SSSR count). The van der Waals surface area contributed by atoms with E-state index in [0.29, 0.717) is 18.5 Å². The molecule has 140 valence electrons. The maximum Gasteiger partial charge on any atom is 0.240 e. The Kier molecular flexibility index (Phi) is 6.94. The molecule has 0 fully saturated rings. The van der Waals surface area contributed by atoms with Crippen LogP contribution in [0.4, 0.5) is 5.69 Å². The van der Waals surface area contributed by atoms with Crippen molar-refractivity contribution in [3.63, 3.8) is 0 Å². The highest BCUT2D eigenvalue weighted by atomic mass is 32.2. The van der Waals surface area contributed by atoms with Gasteiger partial charge in [0.15, 0.2) is 0 Å². The molecular formula is C20H26N2O3S. The summed E-state index contributed by atoms with van der Waals surface area (Å²) in [5, 5.41) is 2.87. The van der Waals surface area contributed by atoms with Crippen LogP contribution in [0.2, 0.25) is 0 Å². The van der Waals surface area contributed by atoms with E-state index >= 15 is 0 Å². The Bertz CT molecular complexity index is 818. The molecule has 2 aromatic carbocycles. The van der Waals surface area contributed by atoms with Crippen LogP contribution in [-0.4, -0.2) is 20.4 Å². The molecule has 0 saturated carbocycles. The molecule has 0 spiro atoms. The monoisotopic (exact) mass is 374 g/mol. The van der Waals surface area contributed by atoms with Crippen LogP contribution in [0.5, 0.6) is 0 Å². The molecule has 0 aliphatic heterocycles. The molecule has 2 atom stereocenters. The minimum atomic E-state index is -3.54. The Morgan fingerprint density at radius 2 is 1.58 bits per heavy atom. The molecule has 0 aliphatic carbocycles. The number of nitrogens with one attached hydrogen (secondary N) is 2. The average Bonchev–Trinajstić information content (AvgIpc) is 2.63. The Labute approximate surface area is 155 Å². The first-order chi connectivity index (χ1) is 12.4. The van der Waals surface area contributed by atoms with Crippen LogP contribution < -0.4 is 10.0 Å². The van der Waals surface area contributed by atoms with E-state index in [-0.39, 0.29) is 22.8 Å². The van der Waals surface area contributed by atoms with Gasteiger partial charge < -0.3 is 5.32 Å². The second-order valence-electron chi connectivity index (χ2n) is 6.32. The van der Waals surface area contributed by atoms with E-state index < -0.39 is 10.0 Å². The van der Waals surface area contributed by atoms with Gasteiger partial charge in [-0.25, -0.2) is 13.1 Å². The van der Waals surface area contributed by atoms with Crippen LogP contribution in [0.15, 0.2) is 59.5 Å². The quantitative estimate of drug-likeness (QED) is 0.736. The normalized spacial score (nSPS) is 13.8. The van der Waals surface area contributed by atoms with Crippen molar-refractivity contribution < 1.29 is 13.2 Å². The lowest BCUT2D eigenvalue weighted by Crippen LogP contribution is -2.32. The van der Waals surface area contributed by atoms with Crippen LogP contribution in [0, 0.1) is 0 Å². The molecule has 0 aliphatic rings. The van der Waals surface area contributed by atoms with Gasteiger partial charge in [0.25, 0.3) is 0 Å². The number of carbonyl (C=O) groups is 1. The molecular weight excluding hydrogens is 348 g/mol. The molecule has 26 heavy (non-hydrogen) atoms. The number of rotatable bonds is 8. The van der Waals surface area contributed by atoms with Gasteiger partial charge in [-0.3, -0.25) is 4.79 Å². The summed E-state index contributed by atoms with van der Waals surface area (Å²) in [4.78, 5) is 12.8. The largest absolute Gasteiger partial charge is 0.326 e. The van der Waals surface area contributed by atoms with E-state index in [1.807, 2.05) is 51.1 Å². The summed E-state index contributed by atoms with van der Waals surface area (Å²) in [6.45, 7) is 5.71. The minimum Gasteiger partial charge on any atom is -0.326 e. The third-order valence-corrected chi connectivity index (χ3v) is 5.93. The van der Waals surface area contributed by atoms with E-state index in [9.17, 15) is 13.2 Å². The van der Waals surface area contributed by atoms with Gasteiger partial charge in [0.05, 0.1) is 10.8 Å². The maximum atomic E-state index is 12.6. The summed E-state index contributed by atoms with van der Waals surface area (Å²) >= 11 is 0. The lowest BCUT2D eigenvalue weighted by Gasteiger charge is -2.16. The number of hydrogen-bond donors (Lipinski definition) is 2. The van der Waals surface area contributed by atoms with Crippen molar-refractivity contribution in [1.82, 2.24) is 4.72 Å². The number of hydrogen-bond acceptors (Lipinski definition) is 3. The van der Waals surface area contributed by atoms with Gasteiger partial charge in [0.1, 0.15) is 0 Å². The first kappa shape index (κ1) is 20.1. The number of sulfonamides is 1. The van der Waals surface area contributed by atoms with Crippen molar-refractivity contribution in [1.29, 1.82) is 0 Å². The van der Waals surface area contributed by atoms with E-state index in [1.54, 1.807) is 12.1 Å². The van der Waals surface area contributed by atoms with Crippen molar-refractivity contribution >= 4 is 21.6 Å². The number of anilines is 1. The Hall–Kier alpha value is -2.18. The van der Waals surface area contributed by atoms with Crippen LogP contribution in [0.3, 0.4) is 0 Å². The average molecular weight is 375 g/mol. The Balaban J connectivity index is 2.10. The lowest BCUT2D eigenvalue weighted by atomic mass is 9.95. The predicted octanol–water partition coefficient (Wildman–Crippen LogP) is 3.90. The van der Waals surface area contributed by atoms with Crippen LogP contribution in [0.1, 0.15) is 45.1 Å². The van der Waals surface area contributed by atoms with E-state index in [4.69, 9.17) is 0 Å². The highest BCUT2D eigenvalue weighted by Crippen LogP contribution is 2.22. The number of carbonyl (C=O) groups excluding carboxylic acids is 1. The van der Waals surface area contributed by atoms with Crippen molar-refractivity contribution in [2.75, 3.05) is 5.32 Å². The topological polar surface area (TPSA) is 75.3 Å². The van der Waals surface area contributed by atoms with E-state index in [2.05, 4.69) is 10.0 Å². The summed E-state index contributed by atoms with van der Waals surface area (Å²) < 4.78 is 27.2. The maximum absolute atomic E-state index is 12.6. The van der Waals surface area contributed by atoms with Crippen LogP contribution in [0.25, 0.3) is 0 Å². The zero-order valence-corrected chi connectivity index (χ0v) is 16.2. The van der Waals surface area contributed by atoms with Crippen LogP contribution >= 0.6 is 0 Å². The van der Waals surface area contributed by atoms with Gasteiger partial charge in [-0.15, -0.1) is 0 Å². The molecule has 6 heteroatoms. The summed E-state index contributed by atoms with van der Waals surface area (Å²) in [5.41, 5.74) is 1.54. The number of amides is 1. The standard InChI is InChI=1S/C20H26N2O3S/c1-4-15(3)22-26(24,25)18-13-11-17(12-14-18)21-20(23)19(5-2)16-9-7-6-8-10-16/h6-15,19,22H,4-5H2,1-3H3,(H,21,23)/t15-,19+/m0/s1. The molecule has 2 N–H and O–H groups in total. The second kappa shape index (κ2) is 8.96. The molecule has 5 nitrogen and oxygen atoms in total. The summed E-state index contributed by atoms with van der Waals surface area (Å²) in [6, 6.07) is 15.7. The second-order valence-corrected chi connectivity index (χ2v) is 8.03. The number of benzene rings is 2. The zero-order valence-electron chi connectivity index (χ0n) is 15.4. The minimum absolute atomic E-state index is 0.105. The molecule has 0 unspecified atom stereocenters. The first-order valence-corrected chi connectivity index (χ1v) is 10.3.